The number of nitrogens with one attached hydrogen (secondary N) is 1. The molecule has 1 aromatic carbocycles. The molecular weight excluding hydrogens is 338 g/mol. The zero-order chi connectivity index (χ0) is 15.2. The van der Waals surface area contributed by atoms with Gasteiger partial charge in [-0.25, -0.2) is 4.79 Å². The summed E-state index contributed by atoms with van der Waals surface area (Å²) in [6.45, 7) is 2.18. The van der Waals surface area contributed by atoms with Crippen LogP contribution in [0.5, 0.6) is 0 Å². The monoisotopic (exact) mass is 355 g/mol. The molecule has 1 N–H and O–H groups in total. The molecular formula is C15H18BrNO4. The van der Waals surface area contributed by atoms with Crippen LogP contribution in [-0.4, -0.2) is 31.2 Å². The van der Waals surface area contributed by atoms with Gasteiger partial charge in [0.15, 0.2) is 12.7 Å². The van der Waals surface area contributed by atoms with E-state index in [0.717, 1.165) is 16.5 Å². The maximum Gasteiger partial charge on any atom is 0.335 e. The Hall–Kier alpha value is -1.40. The third-order valence-corrected chi connectivity index (χ3v) is 3.81. The summed E-state index contributed by atoms with van der Waals surface area (Å²) in [6.07, 6.45) is 1.00. The van der Waals surface area contributed by atoms with Crippen molar-refractivity contribution in [2.24, 2.45) is 0 Å². The molecule has 1 aliphatic rings. The molecule has 6 heteroatoms. The van der Waals surface area contributed by atoms with Gasteiger partial charge in [0.05, 0.1) is 6.04 Å². The van der Waals surface area contributed by atoms with Crippen LogP contribution in [0.25, 0.3) is 0 Å². The number of carbonyl (C=O) groups excluding carboxylic acids is 2. The topological polar surface area (TPSA) is 64.6 Å². The summed E-state index contributed by atoms with van der Waals surface area (Å²) in [5.41, 5.74) is 0.983. The van der Waals surface area contributed by atoms with Crippen LogP contribution >= 0.6 is 15.9 Å². The fourth-order valence-electron chi connectivity index (χ4n) is 2.11. The molecule has 21 heavy (non-hydrogen) atoms. The van der Waals surface area contributed by atoms with Crippen molar-refractivity contribution in [1.82, 2.24) is 5.32 Å². The van der Waals surface area contributed by atoms with Gasteiger partial charge in [0, 0.05) is 11.1 Å². The van der Waals surface area contributed by atoms with Crippen molar-refractivity contribution in [3.8, 4) is 0 Å². The molecule has 1 fully saturated rings. The average Bonchev–Trinajstić information content (AvgIpc) is 2.99. The second-order valence-corrected chi connectivity index (χ2v) is 5.87. The molecule has 2 atom stereocenters. The summed E-state index contributed by atoms with van der Waals surface area (Å²) >= 11 is 3.36. The van der Waals surface area contributed by atoms with Gasteiger partial charge in [0.1, 0.15) is 0 Å². The molecule has 0 saturated carbocycles. The van der Waals surface area contributed by atoms with Gasteiger partial charge in [-0.3, -0.25) is 4.79 Å². The summed E-state index contributed by atoms with van der Waals surface area (Å²) in [4.78, 5) is 23.4. The van der Waals surface area contributed by atoms with Gasteiger partial charge in [0.25, 0.3) is 5.91 Å². The van der Waals surface area contributed by atoms with E-state index in [4.69, 9.17) is 9.47 Å². The van der Waals surface area contributed by atoms with Crippen LogP contribution in [0.4, 0.5) is 0 Å². The zero-order valence-electron chi connectivity index (χ0n) is 11.8. The van der Waals surface area contributed by atoms with E-state index in [9.17, 15) is 9.59 Å². The minimum absolute atomic E-state index is 0.146. The largest absolute Gasteiger partial charge is 0.454 e. The Bertz CT molecular complexity index is 497. The van der Waals surface area contributed by atoms with Crippen molar-refractivity contribution < 1.29 is 19.1 Å². The molecule has 0 spiro atoms. The number of hydrogen-bond donors (Lipinski definition) is 1. The number of benzene rings is 1. The predicted molar refractivity (Wildman–Crippen MR) is 80.6 cm³/mol. The number of ether oxygens (including phenoxy) is 2. The number of rotatable bonds is 5. The Morgan fingerprint density at radius 2 is 2.14 bits per heavy atom. The standard InChI is InChI=1S/C15H18BrNO4/c1-10(11-4-6-12(16)7-5-11)17-14(18)9-21-15(19)13-3-2-8-20-13/h4-7,10,13H,2-3,8-9H2,1H3,(H,17,18)/t10-,13-/m1/s1. The van der Waals surface area contributed by atoms with E-state index in [2.05, 4.69) is 21.2 Å². The highest BCUT2D eigenvalue weighted by Gasteiger charge is 2.25. The first-order valence-electron chi connectivity index (χ1n) is 6.89. The summed E-state index contributed by atoms with van der Waals surface area (Å²) in [6, 6.07) is 7.53. The lowest BCUT2D eigenvalue weighted by atomic mass is 10.1. The van der Waals surface area contributed by atoms with Crippen LogP contribution in [0.2, 0.25) is 0 Å². The Labute approximate surface area is 132 Å². The molecule has 0 unspecified atom stereocenters. The highest BCUT2D eigenvalue weighted by Crippen LogP contribution is 2.16. The lowest BCUT2D eigenvalue weighted by molar-refractivity contribution is -0.157. The molecule has 1 heterocycles. The first kappa shape index (κ1) is 16.0. The molecule has 0 aromatic heterocycles. The van der Waals surface area contributed by atoms with Crippen LogP contribution in [0.1, 0.15) is 31.4 Å². The van der Waals surface area contributed by atoms with Crippen LogP contribution < -0.4 is 5.32 Å². The summed E-state index contributed by atoms with van der Waals surface area (Å²) < 4.78 is 11.1. The van der Waals surface area contributed by atoms with Crippen molar-refractivity contribution in [2.45, 2.75) is 31.9 Å². The Morgan fingerprint density at radius 3 is 2.76 bits per heavy atom. The minimum Gasteiger partial charge on any atom is -0.454 e. The van der Waals surface area contributed by atoms with Gasteiger partial charge in [-0.05, 0) is 37.5 Å². The molecule has 0 aliphatic carbocycles. The molecule has 114 valence electrons. The summed E-state index contributed by atoms with van der Waals surface area (Å²) in [5.74, 6) is -0.782. The summed E-state index contributed by atoms with van der Waals surface area (Å²) in [5, 5.41) is 2.79. The third kappa shape index (κ3) is 4.82. The van der Waals surface area contributed by atoms with Gasteiger partial charge in [-0.2, -0.15) is 0 Å². The van der Waals surface area contributed by atoms with Crippen LogP contribution in [0, 0.1) is 0 Å². The number of hydrogen-bond acceptors (Lipinski definition) is 4. The van der Waals surface area contributed by atoms with E-state index >= 15 is 0 Å². The second-order valence-electron chi connectivity index (χ2n) is 4.95. The van der Waals surface area contributed by atoms with E-state index in [1.165, 1.54) is 0 Å². The van der Waals surface area contributed by atoms with E-state index in [1.807, 2.05) is 31.2 Å². The fraction of sp³-hybridized carbons (Fsp3) is 0.467. The summed E-state index contributed by atoms with van der Waals surface area (Å²) in [7, 11) is 0. The predicted octanol–water partition coefficient (Wildman–Crippen LogP) is 2.35. The smallest absolute Gasteiger partial charge is 0.335 e. The lowest BCUT2D eigenvalue weighted by Gasteiger charge is -2.15. The SMILES string of the molecule is C[C@@H](NC(=O)COC(=O)[C@H]1CCCO1)c1ccc(Br)cc1. The van der Waals surface area contributed by atoms with Crippen LogP contribution in [-0.2, 0) is 19.1 Å². The van der Waals surface area contributed by atoms with Crippen molar-refractivity contribution >= 4 is 27.8 Å². The molecule has 1 saturated heterocycles. The lowest BCUT2D eigenvalue weighted by Crippen LogP contribution is -2.33. The molecule has 0 radical (unpaired) electrons. The Morgan fingerprint density at radius 1 is 1.43 bits per heavy atom. The number of carbonyl (C=O) groups is 2. The first-order chi connectivity index (χ1) is 10.1. The molecule has 2 rings (SSSR count). The molecule has 1 aromatic rings. The Balaban J connectivity index is 1.75. The van der Waals surface area contributed by atoms with Crippen molar-refractivity contribution in [2.75, 3.05) is 13.2 Å². The molecule has 1 amide bonds. The average molecular weight is 356 g/mol. The van der Waals surface area contributed by atoms with E-state index < -0.39 is 12.1 Å². The highest BCUT2D eigenvalue weighted by atomic mass is 79.9. The van der Waals surface area contributed by atoms with Gasteiger partial charge in [0.2, 0.25) is 0 Å². The minimum atomic E-state index is -0.512. The quantitative estimate of drug-likeness (QED) is 0.823. The maximum atomic E-state index is 11.8. The van der Waals surface area contributed by atoms with Crippen molar-refractivity contribution in [3.05, 3.63) is 34.3 Å². The second kappa shape index (κ2) is 7.56. The molecule has 0 bridgehead atoms. The highest BCUT2D eigenvalue weighted by molar-refractivity contribution is 9.10. The van der Waals surface area contributed by atoms with E-state index in [1.54, 1.807) is 0 Å². The van der Waals surface area contributed by atoms with Crippen molar-refractivity contribution in [3.63, 3.8) is 0 Å². The van der Waals surface area contributed by atoms with E-state index in [0.29, 0.717) is 13.0 Å². The fourth-order valence-corrected chi connectivity index (χ4v) is 2.38. The first-order valence-corrected chi connectivity index (χ1v) is 7.68. The van der Waals surface area contributed by atoms with Gasteiger partial charge >= 0.3 is 5.97 Å². The number of halogens is 1. The van der Waals surface area contributed by atoms with E-state index in [-0.39, 0.29) is 18.6 Å². The van der Waals surface area contributed by atoms with Gasteiger partial charge < -0.3 is 14.8 Å². The zero-order valence-corrected chi connectivity index (χ0v) is 13.4. The number of amides is 1. The molecule has 5 nitrogen and oxygen atoms in total. The third-order valence-electron chi connectivity index (χ3n) is 3.29. The molecule has 1 aliphatic heterocycles. The Kier molecular flexibility index (Phi) is 5.76. The van der Waals surface area contributed by atoms with Crippen LogP contribution in [0.15, 0.2) is 28.7 Å². The van der Waals surface area contributed by atoms with Crippen LogP contribution in [0.3, 0.4) is 0 Å². The normalized spacial score (nSPS) is 19.0. The number of esters is 1. The van der Waals surface area contributed by atoms with Gasteiger partial charge in [-0.1, -0.05) is 28.1 Å². The maximum absolute atomic E-state index is 11.8. The van der Waals surface area contributed by atoms with Gasteiger partial charge in [-0.15, -0.1) is 0 Å². The van der Waals surface area contributed by atoms with Crippen molar-refractivity contribution in [1.29, 1.82) is 0 Å².